The number of methoxy groups -OCH3 is 1. The van der Waals surface area contributed by atoms with Gasteiger partial charge in [0.25, 0.3) is 0 Å². The van der Waals surface area contributed by atoms with Crippen molar-refractivity contribution in [1.82, 2.24) is 10.2 Å². The number of amides is 2. The smallest absolute Gasteiger partial charge is 0.317 e. The molecule has 0 bridgehead atoms. The first kappa shape index (κ1) is 15.8. The SMILES string of the molecule is CCC(NC(=O)N1CCC(C)(C(=O)OC)C1)c1cccs1. The highest BCUT2D eigenvalue weighted by Crippen LogP contribution is 2.31. The van der Waals surface area contributed by atoms with Crippen LogP contribution in [0.5, 0.6) is 0 Å². The Balaban J connectivity index is 1.97. The molecule has 1 aliphatic heterocycles. The third kappa shape index (κ3) is 3.37. The molecule has 1 fully saturated rings. The van der Waals surface area contributed by atoms with E-state index in [0.717, 1.165) is 11.3 Å². The lowest BCUT2D eigenvalue weighted by Crippen LogP contribution is -2.42. The summed E-state index contributed by atoms with van der Waals surface area (Å²) in [5.74, 6) is -0.247. The van der Waals surface area contributed by atoms with Crippen LogP contribution in [0.2, 0.25) is 0 Å². The van der Waals surface area contributed by atoms with Crippen molar-refractivity contribution in [3.8, 4) is 0 Å². The van der Waals surface area contributed by atoms with E-state index >= 15 is 0 Å². The van der Waals surface area contributed by atoms with Crippen LogP contribution in [0.25, 0.3) is 0 Å². The monoisotopic (exact) mass is 310 g/mol. The molecule has 2 unspecified atom stereocenters. The fourth-order valence-electron chi connectivity index (χ4n) is 2.65. The molecule has 2 heterocycles. The number of carbonyl (C=O) groups is 2. The molecule has 116 valence electrons. The maximum Gasteiger partial charge on any atom is 0.317 e. The molecule has 2 rings (SSSR count). The molecule has 1 N–H and O–H groups in total. The standard InChI is InChI=1S/C15H22N2O3S/c1-4-11(12-6-5-9-21-12)16-14(19)17-8-7-15(2,10-17)13(18)20-3/h5-6,9,11H,4,7-8,10H2,1-3H3,(H,16,19). The van der Waals surface area contributed by atoms with E-state index in [0.29, 0.717) is 19.5 Å². The van der Waals surface area contributed by atoms with Crippen LogP contribution in [-0.2, 0) is 9.53 Å². The molecule has 2 atom stereocenters. The van der Waals surface area contributed by atoms with Gasteiger partial charge in [0.1, 0.15) is 0 Å². The Hall–Kier alpha value is -1.56. The second-order valence-corrected chi connectivity index (χ2v) is 6.63. The van der Waals surface area contributed by atoms with Gasteiger partial charge in [-0.25, -0.2) is 4.79 Å². The third-order valence-corrected chi connectivity index (χ3v) is 5.02. The van der Waals surface area contributed by atoms with Crippen LogP contribution in [-0.4, -0.2) is 37.1 Å². The number of nitrogens with one attached hydrogen (secondary N) is 1. The van der Waals surface area contributed by atoms with Crippen LogP contribution in [0.3, 0.4) is 0 Å². The fourth-order valence-corrected chi connectivity index (χ4v) is 3.51. The predicted molar refractivity (Wildman–Crippen MR) is 82.2 cm³/mol. The highest BCUT2D eigenvalue weighted by atomic mass is 32.1. The lowest BCUT2D eigenvalue weighted by molar-refractivity contribution is -0.150. The summed E-state index contributed by atoms with van der Waals surface area (Å²) >= 11 is 1.64. The largest absolute Gasteiger partial charge is 0.469 e. The molecule has 2 amide bonds. The molecule has 6 heteroatoms. The summed E-state index contributed by atoms with van der Waals surface area (Å²) in [4.78, 5) is 27.0. The van der Waals surface area contributed by atoms with Crippen LogP contribution in [0.4, 0.5) is 4.79 Å². The number of nitrogens with zero attached hydrogens (tertiary/aromatic N) is 1. The zero-order chi connectivity index (χ0) is 15.5. The zero-order valence-corrected chi connectivity index (χ0v) is 13.5. The van der Waals surface area contributed by atoms with Crippen LogP contribution in [0.15, 0.2) is 17.5 Å². The molecular weight excluding hydrogens is 288 g/mol. The first-order valence-corrected chi connectivity index (χ1v) is 8.05. The van der Waals surface area contributed by atoms with Gasteiger partial charge < -0.3 is 15.0 Å². The van der Waals surface area contributed by atoms with Gasteiger partial charge in [-0.1, -0.05) is 13.0 Å². The summed E-state index contributed by atoms with van der Waals surface area (Å²) in [5, 5.41) is 5.06. The van der Waals surface area contributed by atoms with E-state index in [1.807, 2.05) is 31.4 Å². The van der Waals surface area contributed by atoms with Gasteiger partial charge in [0.2, 0.25) is 0 Å². The molecule has 0 aliphatic carbocycles. The summed E-state index contributed by atoms with van der Waals surface area (Å²) in [7, 11) is 1.39. The molecule has 1 aliphatic rings. The van der Waals surface area contributed by atoms with Crippen molar-refractivity contribution in [1.29, 1.82) is 0 Å². The molecule has 0 spiro atoms. The van der Waals surface area contributed by atoms with Gasteiger partial charge in [0, 0.05) is 18.0 Å². The van der Waals surface area contributed by atoms with Crippen molar-refractivity contribution >= 4 is 23.3 Å². The number of urea groups is 1. The fraction of sp³-hybridized carbons (Fsp3) is 0.600. The number of hydrogen-bond donors (Lipinski definition) is 1. The summed E-state index contributed by atoms with van der Waals surface area (Å²) in [5.41, 5.74) is -0.587. The van der Waals surface area contributed by atoms with Gasteiger partial charge in [-0.05, 0) is 31.2 Å². The Bertz CT molecular complexity index is 503. The van der Waals surface area contributed by atoms with E-state index < -0.39 is 5.41 Å². The minimum atomic E-state index is -0.587. The van der Waals surface area contributed by atoms with Gasteiger partial charge >= 0.3 is 12.0 Å². The van der Waals surface area contributed by atoms with E-state index in [2.05, 4.69) is 5.32 Å². The van der Waals surface area contributed by atoms with Crippen LogP contribution in [0.1, 0.15) is 37.6 Å². The normalized spacial score (nSPS) is 22.9. The Morgan fingerprint density at radius 2 is 2.33 bits per heavy atom. The Morgan fingerprint density at radius 1 is 1.57 bits per heavy atom. The quantitative estimate of drug-likeness (QED) is 0.870. The van der Waals surface area contributed by atoms with Crippen molar-refractivity contribution in [2.45, 2.75) is 32.7 Å². The van der Waals surface area contributed by atoms with Gasteiger partial charge in [0.05, 0.1) is 18.6 Å². The van der Waals surface area contributed by atoms with Gasteiger partial charge in [-0.3, -0.25) is 4.79 Å². The summed E-state index contributed by atoms with van der Waals surface area (Å²) in [6.45, 7) is 4.89. The summed E-state index contributed by atoms with van der Waals surface area (Å²) < 4.78 is 4.83. The minimum absolute atomic E-state index is 0.0301. The minimum Gasteiger partial charge on any atom is -0.469 e. The summed E-state index contributed by atoms with van der Waals surface area (Å²) in [6, 6.07) is 3.94. The lowest BCUT2D eigenvalue weighted by Gasteiger charge is -2.24. The van der Waals surface area contributed by atoms with E-state index in [1.54, 1.807) is 16.2 Å². The van der Waals surface area contributed by atoms with Crippen molar-refractivity contribution in [2.24, 2.45) is 5.41 Å². The highest BCUT2D eigenvalue weighted by Gasteiger charge is 2.43. The average molecular weight is 310 g/mol. The molecule has 1 aromatic rings. The van der Waals surface area contributed by atoms with Crippen LogP contribution in [0, 0.1) is 5.41 Å². The van der Waals surface area contributed by atoms with Crippen molar-refractivity contribution in [2.75, 3.05) is 20.2 Å². The number of carbonyl (C=O) groups excluding carboxylic acids is 2. The van der Waals surface area contributed by atoms with Gasteiger partial charge in [0.15, 0.2) is 0 Å². The molecule has 1 aromatic heterocycles. The van der Waals surface area contributed by atoms with Crippen molar-refractivity contribution < 1.29 is 14.3 Å². The Morgan fingerprint density at radius 3 is 2.90 bits per heavy atom. The Kier molecular flexibility index (Phi) is 4.88. The predicted octanol–water partition coefficient (Wildman–Crippen LogP) is 2.79. The molecule has 0 radical (unpaired) electrons. The first-order valence-electron chi connectivity index (χ1n) is 7.17. The number of rotatable bonds is 4. The van der Waals surface area contributed by atoms with E-state index in [1.165, 1.54) is 7.11 Å². The molecule has 1 saturated heterocycles. The molecule has 21 heavy (non-hydrogen) atoms. The van der Waals surface area contributed by atoms with Gasteiger partial charge in [-0.15, -0.1) is 11.3 Å². The van der Waals surface area contributed by atoms with Gasteiger partial charge in [-0.2, -0.15) is 0 Å². The highest BCUT2D eigenvalue weighted by molar-refractivity contribution is 7.10. The number of thiophene rings is 1. The lowest BCUT2D eigenvalue weighted by atomic mass is 9.90. The first-order chi connectivity index (χ1) is 10.00. The van der Waals surface area contributed by atoms with Crippen molar-refractivity contribution in [3.05, 3.63) is 22.4 Å². The molecule has 5 nitrogen and oxygen atoms in total. The third-order valence-electron chi connectivity index (χ3n) is 4.03. The van der Waals surface area contributed by atoms with E-state index in [-0.39, 0.29) is 18.0 Å². The molecule has 0 saturated carbocycles. The van der Waals surface area contributed by atoms with E-state index in [9.17, 15) is 9.59 Å². The number of hydrogen-bond acceptors (Lipinski definition) is 4. The maximum atomic E-state index is 12.4. The number of likely N-dealkylation sites (tertiary alicyclic amines) is 1. The molecular formula is C15H22N2O3S. The average Bonchev–Trinajstić information content (AvgIpc) is 3.14. The van der Waals surface area contributed by atoms with E-state index in [4.69, 9.17) is 4.74 Å². The maximum absolute atomic E-state index is 12.4. The zero-order valence-electron chi connectivity index (χ0n) is 12.7. The van der Waals surface area contributed by atoms with Crippen LogP contribution < -0.4 is 5.32 Å². The second-order valence-electron chi connectivity index (χ2n) is 5.65. The van der Waals surface area contributed by atoms with Crippen molar-refractivity contribution in [3.63, 3.8) is 0 Å². The number of esters is 1. The van der Waals surface area contributed by atoms with Crippen LogP contribution >= 0.6 is 11.3 Å². The number of ether oxygens (including phenoxy) is 1. The second kappa shape index (κ2) is 6.47. The molecule has 0 aromatic carbocycles. The summed E-state index contributed by atoms with van der Waals surface area (Å²) in [6.07, 6.45) is 1.48. The Labute approximate surface area is 129 Å². The topological polar surface area (TPSA) is 58.6 Å².